The molecule has 0 aliphatic carbocycles. The van der Waals surface area contributed by atoms with Crippen molar-refractivity contribution in [3.05, 3.63) is 28.2 Å². The molecule has 0 radical (unpaired) electrons. The second kappa shape index (κ2) is 4.72. The van der Waals surface area contributed by atoms with E-state index in [4.69, 9.17) is 4.74 Å². The maximum absolute atomic E-state index is 13.7. The number of benzene rings is 1. The highest BCUT2D eigenvalue weighted by molar-refractivity contribution is 9.10. The Labute approximate surface area is 110 Å². The van der Waals surface area contributed by atoms with Gasteiger partial charge in [-0.3, -0.25) is 0 Å². The minimum Gasteiger partial charge on any atom is -0.496 e. The molecule has 1 heterocycles. The summed E-state index contributed by atoms with van der Waals surface area (Å²) in [5.41, 5.74) is 0.211. The molecule has 1 saturated heterocycles. The van der Waals surface area contributed by atoms with Crippen molar-refractivity contribution in [3.63, 3.8) is 0 Å². The molecule has 2 rings (SSSR count). The maximum atomic E-state index is 13.7. The molecule has 1 aromatic carbocycles. The van der Waals surface area contributed by atoms with E-state index in [1.807, 2.05) is 0 Å². The fourth-order valence-corrected chi connectivity index (χ4v) is 2.08. The lowest BCUT2D eigenvalue weighted by molar-refractivity contribution is -0.104. The molecule has 1 N–H and O–H groups in total. The number of alkyl halides is 2. The second-order valence-electron chi connectivity index (χ2n) is 3.80. The number of rotatable bonds is 2. The fraction of sp³-hybridized carbons (Fsp3) is 0.364. The first-order valence-electron chi connectivity index (χ1n) is 5.08. The number of ether oxygens (including phenoxy) is 2. The summed E-state index contributed by atoms with van der Waals surface area (Å²) in [5.74, 6) is -2.91. The van der Waals surface area contributed by atoms with Gasteiger partial charge in [0.05, 0.1) is 7.11 Å². The number of carbonyl (C=O) groups excluding carboxylic acids is 1. The van der Waals surface area contributed by atoms with Crippen LogP contribution in [-0.4, -0.2) is 25.7 Å². The average Bonchev–Trinajstić information content (AvgIpc) is 2.32. The Morgan fingerprint density at radius 3 is 2.94 bits per heavy atom. The summed E-state index contributed by atoms with van der Waals surface area (Å²) >= 11 is 3.22. The van der Waals surface area contributed by atoms with E-state index < -0.39 is 24.7 Å². The van der Waals surface area contributed by atoms with Gasteiger partial charge in [-0.15, -0.1) is 0 Å². The number of alkyl carbamates (subject to hydrolysis) is 1. The molecule has 0 unspecified atom stereocenters. The first kappa shape index (κ1) is 13.1. The number of methoxy groups -OCH3 is 1. The maximum Gasteiger partial charge on any atom is 0.408 e. The Balaban J connectivity index is 2.42. The summed E-state index contributed by atoms with van der Waals surface area (Å²) in [6.45, 7) is -0.942. The zero-order valence-corrected chi connectivity index (χ0v) is 11.0. The van der Waals surface area contributed by atoms with E-state index in [9.17, 15) is 13.6 Å². The summed E-state index contributed by atoms with van der Waals surface area (Å²) in [7, 11) is 1.38. The minimum atomic E-state index is -3.19. The molecule has 0 aromatic heterocycles. The topological polar surface area (TPSA) is 47.6 Å². The average molecular weight is 322 g/mol. The fourth-order valence-electron chi connectivity index (χ4n) is 1.74. The van der Waals surface area contributed by atoms with E-state index >= 15 is 0 Å². The lowest BCUT2D eigenvalue weighted by atomic mass is 9.99. The first-order valence-corrected chi connectivity index (χ1v) is 5.88. The van der Waals surface area contributed by atoms with Gasteiger partial charge in [0.1, 0.15) is 11.8 Å². The number of cyclic esters (lactones) is 1. The van der Waals surface area contributed by atoms with E-state index in [1.165, 1.54) is 13.2 Å². The van der Waals surface area contributed by atoms with Gasteiger partial charge in [-0.05, 0) is 12.1 Å². The Kier molecular flexibility index (Phi) is 3.43. The molecule has 1 atom stereocenters. The summed E-state index contributed by atoms with van der Waals surface area (Å²) in [6.07, 6.45) is -0.865. The quantitative estimate of drug-likeness (QED) is 0.911. The molecule has 1 fully saturated rings. The predicted molar refractivity (Wildman–Crippen MR) is 62.9 cm³/mol. The lowest BCUT2D eigenvalue weighted by Gasteiger charge is -2.32. The molecule has 1 amide bonds. The van der Waals surface area contributed by atoms with E-state index in [2.05, 4.69) is 26.0 Å². The lowest BCUT2D eigenvalue weighted by Crippen LogP contribution is -2.49. The van der Waals surface area contributed by atoms with Gasteiger partial charge in [0.2, 0.25) is 0 Å². The minimum absolute atomic E-state index is 0.211. The van der Waals surface area contributed by atoms with Gasteiger partial charge >= 0.3 is 12.0 Å². The van der Waals surface area contributed by atoms with Crippen molar-refractivity contribution in [2.24, 2.45) is 0 Å². The third-order valence-corrected chi connectivity index (χ3v) is 3.08. The number of nitrogens with one attached hydrogen (secondary N) is 1. The van der Waals surface area contributed by atoms with Crippen LogP contribution in [0.5, 0.6) is 5.75 Å². The van der Waals surface area contributed by atoms with Crippen molar-refractivity contribution in [2.45, 2.75) is 12.0 Å². The standard InChI is InChI=1S/C11H10BrF2NO3/c1-17-8-4-6(12)2-3-7(8)9-11(13,14)5-18-10(16)15-9/h2-4,9H,5H2,1H3,(H,15,16)/t9-/m0/s1. The second-order valence-corrected chi connectivity index (χ2v) is 4.72. The first-order chi connectivity index (χ1) is 8.44. The Morgan fingerprint density at radius 2 is 2.28 bits per heavy atom. The molecule has 18 heavy (non-hydrogen) atoms. The van der Waals surface area contributed by atoms with Crippen molar-refractivity contribution in [1.29, 1.82) is 0 Å². The van der Waals surface area contributed by atoms with Crippen LogP contribution in [0.2, 0.25) is 0 Å². The molecule has 98 valence electrons. The van der Waals surface area contributed by atoms with Gasteiger partial charge in [-0.25, -0.2) is 13.6 Å². The molecule has 0 spiro atoms. The van der Waals surface area contributed by atoms with Gasteiger partial charge < -0.3 is 14.8 Å². The van der Waals surface area contributed by atoms with Crippen molar-refractivity contribution in [2.75, 3.05) is 13.7 Å². The van der Waals surface area contributed by atoms with Crippen LogP contribution in [0.4, 0.5) is 13.6 Å². The molecular formula is C11H10BrF2NO3. The Hall–Kier alpha value is -1.37. The van der Waals surface area contributed by atoms with Gasteiger partial charge in [0.25, 0.3) is 0 Å². The van der Waals surface area contributed by atoms with Crippen LogP contribution >= 0.6 is 15.9 Å². The van der Waals surface area contributed by atoms with Crippen LogP contribution in [0, 0.1) is 0 Å². The summed E-state index contributed by atoms with van der Waals surface area (Å²) in [5, 5.41) is 2.11. The van der Waals surface area contributed by atoms with Crippen molar-refractivity contribution < 1.29 is 23.0 Å². The zero-order valence-electron chi connectivity index (χ0n) is 9.38. The number of hydrogen-bond acceptors (Lipinski definition) is 3. The summed E-state index contributed by atoms with van der Waals surface area (Å²) < 4.78 is 37.5. The van der Waals surface area contributed by atoms with Crippen molar-refractivity contribution in [1.82, 2.24) is 5.32 Å². The molecule has 1 aliphatic heterocycles. The SMILES string of the molecule is COc1cc(Br)ccc1[C@@H]1NC(=O)OCC1(F)F. The van der Waals surface area contributed by atoms with E-state index in [0.717, 1.165) is 0 Å². The molecule has 0 saturated carbocycles. The molecule has 1 aliphatic rings. The van der Waals surface area contributed by atoms with Crippen molar-refractivity contribution in [3.8, 4) is 5.75 Å². The zero-order chi connectivity index (χ0) is 13.3. The van der Waals surface area contributed by atoms with Crippen LogP contribution in [0.15, 0.2) is 22.7 Å². The normalized spacial score (nSPS) is 22.0. The number of carbonyl (C=O) groups is 1. The van der Waals surface area contributed by atoms with E-state index in [0.29, 0.717) is 4.47 Å². The van der Waals surface area contributed by atoms with Crippen LogP contribution in [0.25, 0.3) is 0 Å². The highest BCUT2D eigenvalue weighted by Gasteiger charge is 2.47. The van der Waals surface area contributed by atoms with E-state index in [1.54, 1.807) is 12.1 Å². The predicted octanol–water partition coefficient (Wildman–Crippen LogP) is 2.87. The highest BCUT2D eigenvalue weighted by Crippen LogP contribution is 2.39. The molecule has 1 aromatic rings. The monoisotopic (exact) mass is 321 g/mol. The molecular weight excluding hydrogens is 312 g/mol. The molecule has 0 bridgehead atoms. The number of amides is 1. The van der Waals surface area contributed by atoms with E-state index in [-0.39, 0.29) is 11.3 Å². The largest absolute Gasteiger partial charge is 0.496 e. The van der Waals surface area contributed by atoms with Crippen LogP contribution < -0.4 is 10.1 Å². The number of hydrogen-bond donors (Lipinski definition) is 1. The van der Waals surface area contributed by atoms with Crippen molar-refractivity contribution >= 4 is 22.0 Å². The third-order valence-electron chi connectivity index (χ3n) is 2.59. The number of halogens is 3. The molecule has 7 heteroatoms. The van der Waals surface area contributed by atoms with Gasteiger partial charge in [0.15, 0.2) is 6.61 Å². The summed E-state index contributed by atoms with van der Waals surface area (Å²) in [6, 6.07) is 3.19. The Morgan fingerprint density at radius 1 is 1.56 bits per heavy atom. The smallest absolute Gasteiger partial charge is 0.408 e. The van der Waals surface area contributed by atoms with Crippen LogP contribution in [-0.2, 0) is 4.74 Å². The summed E-state index contributed by atoms with van der Waals surface area (Å²) in [4.78, 5) is 11.1. The van der Waals surface area contributed by atoms with Gasteiger partial charge in [-0.2, -0.15) is 0 Å². The Bertz CT molecular complexity index is 481. The van der Waals surface area contributed by atoms with Gasteiger partial charge in [-0.1, -0.05) is 22.0 Å². The molecule has 4 nitrogen and oxygen atoms in total. The van der Waals surface area contributed by atoms with Crippen LogP contribution in [0.1, 0.15) is 11.6 Å². The van der Waals surface area contributed by atoms with Crippen LogP contribution in [0.3, 0.4) is 0 Å². The highest BCUT2D eigenvalue weighted by atomic mass is 79.9. The third kappa shape index (κ3) is 2.40. The van der Waals surface area contributed by atoms with Gasteiger partial charge in [0, 0.05) is 10.0 Å².